The highest BCUT2D eigenvalue weighted by Crippen LogP contribution is 2.41. The Bertz CT molecular complexity index is 921. The van der Waals surface area contributed by atoms with Gasteiger partial charge in [0.05, 0.1) is 11.7 Å². The van der Waals surface area contributed by atoms with Gasteiger partial charge in [-0.05, 0) is 42.5 Å². The third-order valence-electron chi connectivity index (χ3n) is 4.29. The zero-order valence-corrected chi connectivity index (χ0v) is 14.2. The molecule has 124 valence electrons. The van der Waals surface area contributed by atoms with Gasteiger partial charge in [-0.1, -0.05) is 41.9 Å². The Hall–Kier alpha value is -2.78. The van der Waals surface area contributed by atoms with Gasteiger partial charge in [0.25, 0.3) is 0 Å². The lowest BCUT2D eigenvalue weighted by Crippen LogP contribution is -2.15. The van der Waals surface area contributed by atoms with E-state index in [0.717, 1.165) is 22.7 Å². The Balaban J connectivity index is 1.68. The molecule has 0 fully saturated rings. The molecule has 25 heavy (non-hydrogen) atoms. The summed E-state index contributed by atoms with van der Waals surface area (Å²) in [7, 11) is 0. The maximum absolute atomic E-state index is 12.7. The Morgan fingerprint density at radius 1 is 0.920 bits per heavy atom. The van der Waals surface area contributed by atoms with Gasteiger partial charge >= 0.3 is 0 Å². The first-order valence-electron chi connectivity index (χ1n) is 8.12. The van der Waals surface area contributed by atoms with Crippen LogP contribution < -0.4 is 10.1 Å². The molecule has 1 aliphatic heterocycles. The van der Waals surface area contributed by atoms with E-state index >= 15 is 0 Å². The lowest BCUT2D eigenvalue weighted by molar-refractivity contribution is 0.0976. The Morgan fingerprint density at radius 2 is 1.60 bits per heavy atom. The molecule has 1 aliphatic rings. The van der Waals surface area contributed by atoms with Crippen molar-refractivity contribution < 1.29 is 9.53 Å². The van der Waals surface area contributed by atoms with Gasteiger partial charge in [-0.15, -0.1) is 0 Å². The zero-order chi connectivity index (χ0) is 17.2. The van der Waals surface area contributed by atoms with Crippen molar-refractivity contribution in [1.82, 2.24) is 0 Å². The van der Waals surface area contributed by atoms with Gasteiger partial charge in [-0.25, -0.2) is 0 Å². The Morgan fingerprint density at radius 3 is 2.40 bits per heavy atom. The number of halogens is 1. The normalized spacial score (nSPS) is 15.2. The first kappa shape index (κ1) is 15.7. The molecule has 1 unspecified atom stereocenters. The fraction of sp³-hybridized carbons (Fsp3) is 0.0952. The van der Waals surface area contributed by atoms with Crippen LogP contribution in [-0.4, -0.2) is 5.78 Å². The number of nitrogens with one attached hydrogen (secondary N) is 1. The van der Waals surface area contributed by atoms with Crippen LogP contribution in [0.5, 0.6) is 11.5 Å². The molecule has 1 N–H and O–H groups in total. The van der Waals surface area contributed by atoms with Gasteiger partial charge in [0.15, 0.2) is 11.5 Å². The number of ketones is 1. The number of carbonyl (C=O) groups is 1. The maximum atomic E-state index is 12.7. The fourth-order valence-corrected chi connectivity index (χ4v) is 3.15. The van der Waals surface area contributed by atoms with Crippen LogP contribution in [0.2, 0.25) is 5.02 Å². The van der Waals surface area contributed by atoms with Crippen LogP contribution in [0.25, 0.3) is 0 Å². The highest BCUT2D eigenvalue weighted by Gasteiger charge is 2.24. The second kappa shape index (κ2) is 6.61. The molecular weight excluding hydrogens is 334 g/mol. The van der Waals surface area contributed by atoms with E-state index in [1.807, 2.05) is 48.5 Å². The SMILES string of the molecule is O=C(CC1Nc2ccccc2Oc2ccccc21)c1ccc(Cl)cc1. The minimum absolute atomic E-state index is 0.0587. The summed E-state index contributed by atoms with van der Waals surface area (Å²) >= 11 is 5.91. The molecule has 4 heteroatoms. The second-order valence-corrected chi connectivity index (χ2v) is 6.40. The number of hydrogen-bond donors (Lipinski definition) is 1. The first-order chi connectivity index (χ1) is 12.2. The number of anilines is 1. The standard InChI is InChI=1S/C21H16ClNO2/c22-15-11-9-14(10-12-15)19(24)13-18-16-5-1-3-7-20(16)25-21-8-4-2-6-17(21)23-18/h1-12,18,23H,13H2. The van der Waals surface area contributed by atoms with Crippen LogP contribution in [-0.2, 0) is 0 Å². The lowest BCUT2D eigenvalue weighted by atomic mass is 9.97. The van der Waals surface area contributed by atoms with E-state index in [4.69, 9.17) is 16.3 Å². The van der Waals surface area contributed by atoms with Crippen LogP contribution >= 0.6 is 11.6 Å². The third-order valence-corrected chi connectivity index (χ3v) is 4.54. The van der Waals surface area contributed by atoms with Gasteiger partial charge in [0.1, 0.15) is 5.75 Å². The van der Waals surface area contributed by atoms with Crippen molar-refractivity contribution in [1.29, 1.82) is 0 Å². The van der Waals surface area contributed by atoms with Gasteiger partial charge in [-0.2, -0.15) is 0 Å². The summed E-state index contributed by atoms with van der Waals surface area (Å²) in [6.07, 6.45) is 0.330. The van der Waals surface area contributed by atoms with Crippen LogP contribution in [0.15, 0.2) is 72.8 Å². The van der Waals surface area contributed by atoms with Gasteiger partial charge in [0.2, 0.25) is 0 Å². The quantitative estimate of drug-likeness (QED) is 0.601. The minimum Gasteiger partial charge on any atom is -0.455 e. The number of benzene rings is 3. The van der Waals surface area contributed by atoms with Crippen molar-refractivity contribution in [3.63, 3.8) is 0 Å². The number of rotatable bonds is 3. The molecular formula is C21H16ClNO2. The third kappa shape index (κ3) is 3.24. The van der Waals surface area contributed by atoms with Crippen molar-refractivity contribution in [2.75, 3.05) is 5.32 Å². The summed E-state index contributed by atoms with van der Waals surface area (Å²) in [5, 5.41) is 4.08. The molecule has 3 aromatic carbocycles. The summed E-state index contributed by atoms with van der Waals surface area (Å²) in [4.78, 5) is 12.7. The summed E-state index contributed by atoms with van der Waals surface area (Å²) in [6.45, 7) is 0. The molecule has 0 radical (unpaired) electrons. The molecule has 0 spiro atoms. The van der Waals surface area contributed by atoms with Gasteiger partial charge in [0, 0.05) is 22.6 Å². The highest BCUT2D eigenvalue weighted by atomic mass is 35.5. The van der Waals surface area contributed by atoms with E-state index in [1.165, 1.54) is 0 Å². The summed E-state index contributed by atoms with van der Waals surface area (Å²) in [5.41, 5.74) is 2.51. The molecule has 0 amide bonds. The van der Waals surface area contributed by atoms with Crippen molar-refractivity contribution >= 4 is 23.1 Å². The predicted octanol–water partition coefficient (Wildman–Crippen LogP) is 5.87. The molecule has 1 heterocycles. The van der Waals surface area contributed by atoms with Gasteiger partial charge in [-0.3, -0.25) is 4.79 Å². The van der Waals surface area contributed by atoms with Crippen molar-refractivity contribution in [2.24, 2.45) is 0 Å². The van der Waals surface area contributed by atoms with E-state index in [1.54, 1.807) is 24.3 Å². The molecule has 3 aromatic rings. The number of carbonyl (C=O) groups excluding carboxylic acids is 1. The largest absolute Gasteiger partial charge is 0.455 e. The smallest absolute Gasteiger partial charge is 0.165 e. The topological polar surface area (TPSA) is 38.3 Å². The number of ether oxygens (including phenoxy) is 1. The van der Waals surface area contributed by atoms with Crippen LogP contribution in [0.1, 0.15) is 28.4 Å². The number of hydrogen-bond acceptors (Lipinski definition) is 3. The van der Waals surface area contributed by atoms with E-state index < -0.39 is 0 Å². The molecule has 0 aliphatic carbocycles. The summed E-state index contributed by atoms with van der Waals surface area (Å²) in [5.74, 6) is 1.59. The van der Waals surface area contributed by atoms with Crippen molar-refractivity contribution in [3.8, 4) is 11.5 Å². The average molecular weight is 350 g/mol. The van der Waals surface area contributed by atoms with Crippen LogP contribution in [0.4, 0.5) is 5.69 Å². The van der Waals surface area contributed by atoms with Crippen LogP contribution in [0, 0.1) is 0 Å². The van der Waals surface area contributed by atoms with E-state index in [-0.39, 0.29) is 11.8 Å². The molecule has 0 aromatic heterocycles. The van der Waals surface area contributed by atoms with Crippen molar-refractivity contribution in [2.45, 2.75) is 12.5 Å². The first-order valence-corrected chi connectivity index (χ1v) is 8.49. The number of para-hydroxylation sites is 3. The Kier molecular flexibility index (Phi) is 4.16. The fourth-order valence-electron chi connectivity index (χ4n) is 3.02. The Labute approximate surface area is 151 Å². The minimum atomic E-state index is -0.164. The monoisotopic (exact) mass is 349 g/mol. The molecule has 0 saturated heterocycles. The average Bonchev–Trinajstić information content (AvgIpc) is 2.79. The lowest BCUT2D eigenvalue weighted by Gasteiger charge is -2.18. The summed E-state index contributed by atoms with van der Waals surface area (Å²) < 4.78 is 6.04. The van der Waals surface area contributed by atoms with E-state index in [0.29, 0.717) is 17.0 Å². The van der Waals surface area contributed by atoms with E-state index in [2.05, 4.69) is 5.32 Å². The predicted molar refractivity (Wildman–Crippen MR) is 99.7 cm³/mol. The number of Topliss-reactive ketones (excluding diaryl/α,β-unsaturated/α-hetero) is 1. The van der Waals surface area contributed by atoms with Crippen LogP contribution in [0.3, 0.4) is 0 Å². The highest BCUT2D eigenvalue weighted by molar-refractivity contribution is 6.30. The molecule has 4 rings (SSSR count). The molecule has 0 saturated carbocycles. The second-order valence-electron chi connectivity index (χ2n) is 5.97. The zero-order valence-electron chi connectivity index (χ0n) is 13.4. The van der Waals surface area contributed by atoms with Crippen molar-refractivity contribution in [3.05, 3.63) is 88.9 Å². The van der Waals surface area contributed by atoms with E-state index in [9.17, 15) is 4.79 Å². The van der Waals surface area contributed by atoms with Gasteiger partial charge < -0.3 is 10.1 Å². The number of fused-ring (bicyclic) bond motifs is 2. The summed E-state index contributed by atoms with van der Waals surface area (Å²) in [6, 6.07) is 22.4. The molecule has 3 nitrogen and oxygen atoms in total. The molecule has 1 atom stereocenters. The maximum Gasteiger partial charge on any atom is 0.165 e. The molecule has 0 bridgehead atoms.